The molecule has 0 aliphatic heterocycles. The van der Waals surface area contributed by atoms with Crippen LogP contribution in [-0.2, 0) is 0 Å². The first-order chi connectivity index (χ1) is 16.9. The minimum Gasteiger partial charge on any atom is -0.396 e. The second-order valence-electron chi connectivity index (χ2n) is 10.5. The Morgan fingerprint density at radius 1 is 1.11 bits per heavy atom. The highest BCUT2D eigenvalue weighted by molar-refractivity contribution is 7.21. The number of nitrogens with one attached hydrogen (secondary N) is 2. The monoisotopic (exact) mass is 516 g/mol. The zero-order chi connectivity index (χ0) is 26.4. The Morgan fingerprint density at radius 3 is 2.42 bits per heavy atom. The Kier molecular flexibility index (Phi) is 7.50. The summed E-state index contributed by atoms with van der Waals surface area (Å²) in [6.45, 7) is 11.1. The smallest absolute Gasteiger partial charge is 0.225 e. The van der Waals surface area contributed by atoms with E-state index < -0.39 is 29.8 Å². The molecule has 0 aromatic carbocycles. The predicted octanol–water partition coefficient (Wildman–Crippen LogP) is 2.49. The SMILES string of the molecule is Cc1nc(N[C@H](C(C)C)C(C)(C)O)nc(N[C@@H]2C[C@H](CO)[C@@H](O)[C@H]2O)c1-c1nc2c(C)nccc2s1. The molecular formula is C25H36N6O4S. The predicted molar refractivity (Wildman–Crippen MR) is 141 cm³/mol. The third-order valence-electron chi connectivity index (χ3n) is 6.86. The van der Waals surface area contributed by atoms with Crippen molar-refractivity contribution in [3.8, 4) is 10.6 Å². The third-order valence-corrected chi connectivity index (χ3v) is 7.90. The highest BCUT2D eigenvalue weighted by Crippen LogP contribution is 2.38. The van der Waals surface area contributed by atoms with Crippen LogP contribution >= 0.6 is 11.3 Å². The molecule has 0 spiro atoms. The molecule has 0 unspecified atom stereocenters. The number of aliphatic hydroxyl groups excluding tert-OH is 3. The van der Waals surface area contributed by atoms with Gasteiger partial charge in [-0.15, -0.1) is 11.3 Å². The largest absolute Gasteiger partial charge is 0.396 e. The van der Waals surface area contributed by atoms with E-state index in [1.165, 1.54) is 11.3 Å². The lowest BCUT2D eigenvalue weighted by molar-refractivity contribution is 0.00446. The van der Waals surface area contributed by atoms with Gasteiger partial charge in [-0.2, -0.15) is 4.98 Å². The molecule has 36 heavy (non-hydrogen) atoms. The molecule has 1 aliphatic carbocycles. The first-order valence-electron chi connectivity index (χ1n) is 12.2. The van der Waals surface area contributed by atoms with Crippen molar-refractivity contribution in [1.29, 1.82) is 0 Å². The average Bonchev–Trinajstić information content (AvgIpc) is 3.33. The normalized spacial score (nSPS) is 23.4. The Bertz CT molecular complexity index is 1230. The number of aryl methyl sites for hydroxylation is 2. The quantitative estimate of drug-likeness (QED) is 0.263. The molecule has 1 aliphatic rings. The maximum Gasteiger partial charge on any atom is 0.225 e. The van der Waals surface area contributed by atoms with E-state index in [-0.39, 0.29) is 18.6 Å². The van der Waals surface area contributed by atoms with Gasteiger partial charge in [0.25, 0.3) is 0 Å². The lowest BCUT2D eigenvalue weighted by Crippen LogP contribution is -2.46. The van der Waals surface area contributed by atoms with Crippen LogP contribution in [0.3, 0.4) is 0 Å². The number of aromatic nitrogens is 4. The first kappa shape index (κ1) is 26.6. The van der Waals surface area contributed by atoms with Crippen LogP contribution in [0, 0.1) is 25.7 Å². The average molecular weight is 517 g/mol. The van der Waals surface area contributed by atoms with Gasteiger partial charge < -0.3 is 31.1 Å². The Balaban J connectivity index is 1.80. The molecule has 1 saturated carbocycles. The van der Waals surface area contributed by atoms with Gasteiger partial charge in [0.05, 0.1) is 45.4 Å². The molecule has 10 nitrogen and oxygen atoms in total. The number of hydrogen-bond donors (Lipinski definition) is 6. The van der Waals surface area contributed by atoms with Gasteiger partial charge in [0.2, 0.25) is 5.95 Å². The summed E-state index contributed by atoms with van der Waals surface area (Å²) in [7, 11) is 0. The van der Waals surface area contributed by atoms with Crippen LogP contribution in [0.4, 0.5) is 11.8 Å². The molecule has 1 fully saturated rings. The number of fused-ring (bicyclic) bond motifs is 1. The molecule has 3 aromatic heterocycles. The van der Waals surface area contributed by atoms with Crippen molar-refractivity contribution in [2.75, 3.05) is 17.2 Å². The number of pyridine rings is 1. The Labute approximate surface area is 214 Å². The maximum absolute atomic E-state index is 10.7. The second kappa shape index (κ2) is 10.1. The summed E-state index contributed by atoms with van der Waals surface area (Å²) in [6, 6.07) is 1.08. The fraction of sp³-hybridized carbons (Fsp3) is 0.600. The molecule has 0 amide bonds. The molecule has 0 saturated heterocycles. The number of thiazole rings is 1. The summed E-state index contributed by atoms with van der Waals surface area (Å²) in [4.78, 5) is 18.6. The highest BCUT2D eigenvalue weighted by atomic mass is 32.1. The first-order valence-corrected chi connectivity index (χ1v) is 13.1. The number of rotatable bonds is 8. The van der Waals surface area contributed by atoms with Crippen molar-refractivity contribution in [2.24, 2.45) is 11.8 Å². The molecule has 0 radical (unpaired) electrons. The van der Waals surface area contributed by atoms with E-state index in [1.54, 1.807) is 20.0 Å². The zero-order valence-electron chi connectivity index (χ0n) is 21.5. The minimum absolute atomic E-state index is 0.0989. The second-order valence-corrected chi connectivity index (χ2v) is 11.6. The topological polar surface area (TPSA) is 157 Å². The van der Waals surface area contributed by atoms with Crippen LogP contribution in [0.25, 0.3) is 20.8 Å². The summed E-state index contributed by atoms with van der Waals surface area (Å²) >= 11 is 1.50. The van der Waals surface area contributed by atoms with Gasteiger partial charge in [-0.1, -0.05) is 13.8 Å². The fourth-order valence-corrected chi connectivity index (χ4v) is 6.12. The van der Waals surface area contributed by atoms with Gasteiger partial charge >= 0.3 is 0 Å². The molecule has 5 atom stereocenters. The van der Waals surface area contributed by atoms with Crippen LogP contribution < -0.4 is 10.6 Å². The van der Waals surface area contributed by atoms with E-state index in [9.17, 15) is 20.4 Å². The minimum atomic E-state index is -1.07. The van der Waals surface area contributed by atoms with Gasteiger partial charge in [-0.3, -0.25) is 4.98 Å². The van der Waals surface area contributed by atoms with Gasteiger partial charge in [0.1, 0.15) is 22.4 Å². The molecule has 3 heterocycles. The highest BCUT2D eigenvalue weighted by Gasteiger charge is 2.42. The van der Waals surface area contributed by atoms with E-state index in [1.807, 2.05) is 33.8 Å². The fourth-order valence-electron chi connectivity index (χ4n) is 5.01. The molecular weight excluding hydrogens is 480 g/mol. The van der Waals surface area contributed by atoms with E-state index in [4.69, 9.17) is 15.0 Å². The molecule has 11 heteroatoms. The summed E-state index contributed by atoms with van der Waals surface area (Å²) in [5, 5.41) is 48.6. The van der Waals surface area contributed by atoms with Crippen LogP contribution in [0.15, 0.2) is 12.3 Å². The van der Waals surface area contributed by atoms with E-state index in [2.05, 4.69) is 15.6 Å². The lowest BCUT2D eigenvalue weighted by atomic mass is 9.89. The molecule has 4 rings (SSSR count). The van der Waals surface area contributed by atoms with Crippen LogP contribution in [0.2, 0.25) is 0 Å². The van der Waals surface area contributed by atoms with Gasteiger partial charge in [-0.05, 0) is 46.1 Å². The van der Waals surface area contributed by atoms with Crippen LogP contribution in [0.1, 0.15) is 45.5 Å². The van der Waals surface area contributed by atoms with E-state index in [0.717, 1.165) is 15.9 Å². The van der Waals surface area contributed by atoms with Crippen LogP contribution in [-0.4, -0.2) is 76.9 Å². The summed E-state index contributed by atoms with van der Waals surface area (Å²) < 4.78 is 0.989. The standard InChI is InChI=1S/C25H36N6O4S/c1-11(2)21(25(5,6)35)30-24-27-12(3)17(23-29-18-13(4)26-8-7-16(18)36-23)22(31-24)28-15-9-14(10-32)19(33)20(15)34/h7-8,11,14-15,19-21,32-35H,9-10H2,1-6H3,(H2,27,28,30,31)/t14-,15-,19-,20+,21-/m1/s1. The van der Waals surface area contributed by atoms with Gasteiger partial charge in [0, 0.05) is 18.7 Å². The summed E-state index contributed by atoms with van der Waals surface area (Å²) in [6.07, 6.45) is 0.0328. The van der Waals surface area contributed by atoms with Crippen LogP contribution in [0.5, 0.6) is 0 Å². The van der Waals surface area contributed by atoms with E-state index >= 15 is 0 Å². The van der Waals surface area contributed by atoms with Crippen molar-refractivity contribution in [2.45, 2.75) is 77.9 Å². The number of anilines is 2. The molecule has 3 aromatic rings. The third kappa shape index (κ3) is 5.16. The van der Waals surface area contributed by atoms with Gasteiger partial charge in [0.15, 0.2) is 0 Å². The lowest BCUT2D eigenvalue weighted by Gasteiger charge is -2.33. The van der Waals surface area contributed by atoms with Crippen molar-refractivity contribution in [3.05, 3.63) is 23.7 Å². The Hall–Kier alpha value is -2.44. The summed E-state index contributed by atoms with van der Waals surface area (Å²) in [5.41, 5.74) is 1.98. The maximum atomic E-state index is 10.7. The van der Waals surface area contributed by atoms with E-state index in [0.29, 0.717) is 34.5 Å². The summed E-state index contributed by atoms with van der Waals surface area (Å²) in [5.74, 6) is 0.466. The number of aliphatic hydroxyl groups is 4. The van der Waals surface area contributed by atoms with Crippen molar-refractivity contribution in [3.63, 3.8) is 0 Å². The number of hydrogen-bond acceptors (Lipinski definition) is 11. The van der Waals surface area contributed by atoms with Crippen molar-refractivity contribution >= 4 is 33.3 Å². The zero-order valence-corrected chi connectivity index (χ0v) is 22.3. The van der Waals surface area contributed by atoms with Crippen molar-refractivity contribution < 1.29 is 20.4 Å². The molecule has 6 N–H and O–H groups in total. The van der Waals surface area contributed by atoms with Crippen molar-refractivity contribution in [1.82, 2.24) is 19.9 Å². The molecule has 0 bridgehead atoms. The molecule has 196 valence electrons. The number of nitrogens with zero attached hydrogens (tertiary/aromatic N) is 4. The van der Waals surface area contributed by atoms with Gasteiger partial charge in [-0.25, -0.2) is 9.97 Å². The Morgan fingerprint density at radius 2 is 1.83 bits per heavy atom.